The molecule has 0 aliphatic carbocycles. The standard InChI is InChI=1S/C18H30N4O5/c1-11(2)16(25)14(10-23)22(7-6-19-12(3)4)15(24)9-21-8-13(5)17(26)20-18(21)27/h8,11-12,14,19,23H,6-7,9-10H2,1-5H3,(H,20,26,27)/t14-/m1/s1. The highest BCUT2D eigenvalue weighted by molar-refractivity contribution is 5.90. The molecule has 3 N–H and O–H groups in total. The number of Topliss-reactive ketones (excluding diaryl/α,β-unsaturated/α-hetero) is 1. The molecule has 0 aromatic carbocycles. The summed E-state index contributed by atoms with van der Waals surface area (Å²) in [7, 11) is 0. The van der Waals surface area contributed by atoms with E-state index in [2.05, 4.69) is 10.3 Å². The third kappa shape index (κ3) is 6.44. The van der Waals surface area contributed by atoms with Gasteiger partial charge in [0.05, 0.1) is 6.61 Å². The van der Waals surface area contributed by atoms with Crippen LogP contribution in [0.2, 0.25) is 0 Å². The Morgan fingerprint density at radius 3 is 2.41 bits per heavy atom. The van der Waals surface area contributed by atoms with E-state index < -0.39 is 29.8 Å². The summed E-state index contributed by atoms with van der Waals surface area (Å²) < 4.78 is 1.09. The molecular weight excluding hydrogens is 352 g/mol. The van der Waals surface area contributed by atoms with Crippen LogP contribution in [-0.2, 0) is 16.1 Å². The smallest absolute Gasteiger partial charge is 0.328 e. The van der Waals surface area contributed by atoms with Crippen LogP contribution in [0.4, 0.5) is 0 Å². The summed E-state index contributed by atoms with van der Waals surface area (Å²) in [6, 6.07) is -0.786. The number of aryl methyl sites for hydroxylation is 1. The molecule has 0 saturated heterocycles. The number of rotatable bonds is 10. The molecule has 1 atom stereocenters. The van der Waals surface area contributed by atoms with Crippen molar-refractivity contribution in [1.29, 1.82) is 0 Å². The molecule has 0 bridgehead atoms. The second-order valence-electron chi connectivity index (χ2n) is 7.15. The van der Waals surface area contributed by atoms with Gasteiger partial charge in [-0.2, -0.15) is 0 Å². The molecule has 27 heavy (non-hydrogen) atoms. The van der Waals surface area contributed by atoms with Gasteiger partial charge in [0.2, 0.25) is 5.91 Å². The van der Waals surface area contributed by atoms with Crippen molar-refractivity contribution in [2.75, 3.05) is 19.7 Å². The first kappa shape index (κ1) is 22.8. The number of aliphatic hydroxyl groups is 1. The summed E-state index contributed by atoms with van der Waals surface area (Å²) >= 11 is 0. The molecule has 1 aromatic rings. The first-order valence-corrected chi connectivity index (χ1v) is 9.06. The molecule has 1 heterocycles. The van der Waals surface area contributed by atoms with Crippen LogP contribution in [0.5, 0.6) is 0 Å². The van der Waals surface area contributed by atoms with Gasteiger partial charge >= 0.3 is 5.69 Å². The largest absolute Gasteiger partial charge is 0.394 e. The van der Waals surface area contributed by atoms with Crippen LogP contribution in [0.15, 0.2) is 15.8 Å². The molecule has 9 heteroatoms. The van der Waals surface area contributed by atoms with E-state index in [4.69, 9.17) is 0 Å². The maximum Gasteiger partial charge on any atom is 0.328 e. The van der Waals surface area contributed by atoms with Crippen molar-refractivity contribution in [1.82, 2.24) is 19.8 Å². The Kier molecular flexibility index (Phi) is 8.58. The number of carbonyl (C=O) groups is 2. The van der Waals surface area contributed by atoms with Crippen molar-refractivity contribution in [2.45, 2.75) is 53.2 Å². The SMILES string of the molecule is Cc1cn(CC(=O)N(CCNC(C)C)[C@H](CO)C(=O)C(C)C)c(=O)[nH]c1=O. The molecule has 9 nitrogen and oxygen atoms in total. The van der Waals surface area contributed by atoms with Gasteiger partial charge in [-0.1, -0.05) is 27.7 Å². The Morgan fingerprint density at radius 1 is 1.26 bits per heavy atom. The maximum absolute atomic E-state index is 12.8. The molecule has 1 amide bonds. The lowest BCUT2D eigenvalue weighted by Crippen LogP contribution is -2.52. The van der Waals surface area contributed by atoms with Crippen LogP contribution >= 0.6 is 0 Å². The van der Waals surface area contributed by atoms with Gasteiger partial charge in [-0.25, -0.2) is 4.79 Å². The lowest BCUT2D eigenvalue weighted by molar-refractivity contribution is -0.142. The molecule has 1 rings (SSSR count). The van der Waals surface area contributed by atoms with Gasteiger partial charge < -0.3 is 15.3 Å². The summed E-state index contributed by atoms with van der Waals surface area (Å²) in [5.41, 5.74) is -0.910. The van der Waals surface area contributed by atoms with Crippen LogP contribution in [0, 0.1) is 12.8 Å². The molecule has 0 aliphatic rings. The third-order valence-electron chi connectivity index (χ3n) is 4.17. The van der Waals surface area contributed by atoms with Crippen LogP contribution in [0.25, 0.3) is 0 Å². The number of aromatic amines is 1. The Balaban J connectivity index is 3.11. The minimum atomic E-state index is -0.981. The number of carbonyl (C=O) groups excluding carboxylic acids is 2. The Bertz CT molecular complexity index is 766. The van der Waals surface area contributed by atoms with Crippen LogP contribution in [0.3, 0.4) is 0 Å². The zero-order chi connectivity index (χ0) is 20.7. The van der Waals surface area contributed by atoms with Crippen molar-refractivity contribution in [3.8, 4) is 0 Å². The van der Waals surface area contributed by atoms with E-state index in [1.54, 1.807) is 13.8 Å². The topological polar surface area (TPSA) is 124 Å². The number of ketones is 1. The van der Waals surface area contributed by atoms with Crippen molar-refractivity contribution >= 4 is 11.7 Å². The quantitative estimate of drug-likeness (QED) is 0.489. The van der Waals surface area contributed by atoms with Gasteiger partial charge in [-0.15, -0.1) is 0 Å². The summed E-state index contributed by atoms with van der Waals surface area (Å²) in [6.45, 7) is 8.66. The first-order valence-electron chi connectivity index (χ1n) is 9.06. The first-order chi connectivity index (χ1) is 12.6. The molecule has 152 valence electrons. The highest BCUT2D eigenvalue weighted by Gasteiger charge is 2.30. The second-order valence-corrected chi connectivity index (χ2v) is 7.15. The average Bonchev–Trinajstić information content (AvgIpc) is 2.58. The predicted molar refractivity (Wildman–Crippen MR) is 102 cm³/mol. The Labute approximate surface area is 158 Å². The number of H-pyrrole nitrogens is 1. The van der Waals surface area contributed by atoms with E-state index in [9.17, 15) is 24.3 Å². The Hall–Kier alpha value is -2.26. The summed E-state index contributed by atoms with van der Waals surface area (Å²) in [5, 5.41) is 12.9. The van der Waals surface area contributed by atoms with Gasteiger partial charge in [0.1, 0.15) is 12.6 Å². The zero-order valence-corrected chi connectivity index (χ0v) is 16.6. The number of nitrogens with one attached hydrogen (secondary N) is 2. The Morgan fingerprint density at radius 2 is 1.89 bits per heavy atom. The van der Waals surface area contributed by atoms with Gasteiger partial charge in [0, 0.05) is 36.8 Å². The number of hydrogen-bond donors (Lipinski definition) is 3. The van der Waals surface area contributed by atoms with Crippen LogP contribution in [0.1, 0.15) is 33.3 Å². The van der Waals surface area contributed by atoms with Gasteiger partial charge in [0.15, 0.2) is 5.78 Å². The normalized spacial score (nSPS) is 12.4. The van der Waals surface area contributed by atoms with E-state index in [1.165, 1.54) is 18.0 Å². The lowest BCUT2D eigenvalue weighted by Gasteiger charge is -2.31. The average molecular weight is 382 g/mol. The second kappa shape index (κ2) is 10.2. The number of nitrogens with zero attached hydrogens (tertiary/aromatic N) is 2. The number of aromatic nitrogens is 2. The summed E-state index contributed by atoms with van der Waals surface area (Å²) in [4.78, 5) is 52.2. The van der Waals surface area contributed by atoms with E-state index in [0.717, 1.165) is 4.57 Å². The van der Waals surface area contributed by atoms with Gasteiger partial charge in [-0.3, -0.25) is 23.9 Å². The fourth-order valence-corrected chi connectivity index (χ4v) is 2.63. The van der Waals surface area contributed by atoms with Gasteiger partial charge in [-0.05, 0) is 6.92 Å². The van der Waals surface area contributed by atoms with Gasteiger partial charge in [0.25, 0.3) is 5.56 Å². The van der Waals surface area contributed by atoms with Crippen molar-refractivity contribution in [2.24, 2.45) is 5.92 Å². The predicted octanol–water partition coefficient (Wildman–Crippen LogP) is -0.742. The monoisotopic (exact) mass is 382 g/mol. The van der Waals surface area contributed by atoms with Crippen LogP contribution in [-0.4, -0.2) is 63.0 Å². The van der Waals surface area contributed by atoms with E-state index in [-0.39, 0.29) is 30.8 Å². The minimum Gasteiger partial charge on any atom is -0.394 e. The maximum atomic E-state index is 12.8. The van der Waals surface area contributed by atoms with E-state index in [1.807, 2.05) is 13.8 Å². The molecule has 0 unspecified atom stereocenters. The summed E-state index contributed by atoms with van der Waals surface area (Å²) in [6.07, 6.45) is 1.31. The number of aliphatic hydroxyl groups excluding tert-OH is 1. The molecule has 1 aromatic heterocycles. The third-order valence-corrected chi connectivity index (χ3v) is 4.17. The summed E-state index contributed by atoms with van der Waals surface area (Å²) in [5.74, 6) is -1.09. The fraction of sp³-hybridized carbons (Fsp3) is 0.667. The van der Waals surface area contributed by atoms with E-state index >= 15 is 0 Å². The highest BCUT2D eigenvalue weighted by atomic mass is 16.3. The van der Waals surface area contributed by atoms with Crippen molar-refractivity contribution in [3.05, 3.63) is 32.6 Å². The number of amides is 1. The van der Waals surface area contributed by atoms with E-state index in [0.29, 0.717) is 12.1 Å². The highest BCUT2D eigenvalue weighted by Crippen LogP contribution is 2.09. The van der Waals surface area contributed by atoms with Crippen molar-refractivity contribution < 1.29 is 14.7 Å². The zero-order valence-electron chi connectivity index (χ0n) is 16.6. The van der Waals surface area contributed by atoms with Crippen LogP contribution < -0.4 is 16.6 Å². The lowest BCUT2D eigenvalue weighted by atomic mass is 10.0. The molecule has 0 radical (unpaired) electrons. The molecule has 0 spiro atoms. The molecule has 0 saturated carbocycles. The van der Waals surface area contributed by atoms with Crippen molar-refractivity contribution in [3.63, 3.8) is 0 Å². The molecule has 0 aliphatic heterocycles. The molecule has 0 fully saturated rings. The fourth-order valence-electron chi connectivity index (χ4n) is 2.63. The molecular formula is C18H30N4O5. The minimum absolute atomic E-state index is 0.194. The number of hydrogen-bond acceptors (Lipinski definition) is 6.